The molecule has 8 nitrogen and oxygen atoms in total. The number of hydrogen-bond acceptors (Lipinski definition) is 6. The van der Waals surface area contributed by atoms with Crippen LogP contribution in [-0.2, 0) is 4.79 Å². The van der Waals surface area contributed by atoms with E-state index < -0.39 is 0 Å². The fourth-order valence-corrected chi connectivity index (χ4v) is 5.19. The maximum absolute atomic E-state index is 12.4. The Morgan fingerprint density at radius 2 is 1.88 bits per heavy atom. The number of aromatic hydroxyl groups is 1. The number of nitrogens with zero attached hydrogens (tertiary/aromatic N) is 4. The summed E-state index contributed by atoms with van der Waals surface area (Å²) in [6.07, 6.45) is 0.871. The summed E-state index contributed by atoms with van der Waals surface area (Å²) in [5.41, 5.74) is 5.20. The normalized spacial score (nSPS) is 13.4. The lowest BCUT2D eigenvalue weighted by Gasteiger charge is -2.28. The molecule has 2 heterocycles. The van der Waals surface area contributed by atoms with Crippen LogP contribution in [0.5, 0.6) is 11.6 Å². The molecule has 0 bridgehead atoms. The number of anilines is 2. The number of rotatable bonds is 8. The number of aliphatic imine (C=N–C) groups is 1. The number of H-pyrrole nitrogens is 1. The van der Waals surface area contributed by atoms with Crippen LogP contribution in [0.2, 0.25) is 5.02 Å². The molecule has 0 saturated carbocycles. The van der Waals surface area contributed by atoms with Crippen molar-refractivity contribution in [2.75, 3.05) is 57.2 Å². The molecule has 0 fully saturated rings. The quantitative estimate of drug-likeness (QED) is 0.265. The van der Waals surface area contributed by atoms with E-state index in [-0.39, 0.29) is 11.8 Å². The Morgan fingerprint density at radius 1 is 1.10 bits per heavy atom. The standard InChI is InChI=1S/C31H34ClN5O3/c1-20(38)37(15-5-14-35(2)3)24-10-8-23(9-11-24)33-30(21-6-13-27-28(18-21)40-17-16-36(27)4)29-25-12-7-22(32)19-26(25)34-31(29)39/h6-13,18-19,34,39H,5,14-17H2,1-4H3. The van der Waals surface area contributed by atoms with Crippen LogP contribution in [0.4, 0.5) is 17.1 Å². The Bertz CT molecular complexity index is 1560. The van der Waals surface area contributed by atoms with E-state index >= 15 is 0 Å². The monoisotopic (exact) mass is 559 g/mol. The molecule has 0 aliphatic carbocycles. The van der Waals surface area contributed by atoms with Crippen molar-refractivity contribution in [1.29, 1.82) is 0 Å². The summed E-state index contributed by atoms with van der Waals surface area (Å²) in [4.78, 5) is 26.5. The average molecular weight is 560 g/mol. The van der Waals surface area contributed by atoms with Crippen molar-refractivity contribution in [3.8, 4) is 11.6 Å². The molecular formula is C31H34ClN5O3. The molecule has 3 aromatic carbocycles. The Morgan fingerprint density at radius 3 is 2.60 bits per heavy atom. The van der Waals surface area contributed by atoms with Crippen molar-refractivity contribution in [2.24, 2.45) is 4.99 Å². The second-order valence-corrected chi connectivity index (χ2v) is 10.7. The maximum Gasteiger partial charge on any atom is 0.223 e. The van der Waals surface area contributed by atoms with Crippen LogP contribution in [0.25, 0.3) is 10.9 Å². The predicted octanol–water partition coefficient (Wildman–Crippen LogP) is 5.83. The maximum atomic E-state index is 12.4. The number of benzene rings is 3. The number of carbonyl (C=O) groups is 1. The molecular weight excluding hydrogens is 526 g/mol. The topological polar surface area (TPSA) is 84.4 Å². The minimum absolute atomic E-state index is 0.00269. The van der Waals surface area contributed by atoms with Gasteiger partial charge in [-0.3, -0.25) is 4.79 Å². The number of likely N-dealkylation sites (N-methyl/N-ethyl adjacent to an activating group) is 1. The van der Waals surface area contributed by atoms with Crippen molar-refractivity contribution in [2.45, 2.75) is 13.3 Å². The van der Waals surface area contributed by atoms with Gasteiger partial charge in [0.05, 0.1) is 34.7 Å². The second kappa shape index (κ2) is 11.6. The van der Waals surface area contributed by atoms with Crippen molar-refractivity contribution in [3.05, 3.63) is 76.8 Å². The van der Waals surface area contributed by atoms with Gasteiger partial charge in [0.1, 0.15) is 12.4 Å². The van der Waals surface area contributed by atoms with E-state index in [0.29, 0.717) is 40.7 Å². The average Bonchev–Trinajstić information content (AvgIpc) is 3.24. The Kier molecular flexibility index (Phi) is 8.00. The molecule has 1 aromatic heterocycles. The van der Waals surface area contributed by atoms with Gasteiger partial charge in [0.2, 0.25) is 5.91 Å². The molecule has 0 unspecified atom stereocenters. The molecule has 0 saturated heterocycles. The van der Waals surface area contributed by atoms with Gasteiger partial charge >= 0.3 is 0 Å². The molecule has 0 radical (unpaired) electrons. The van der Waals surface area contributed by atoms with Gasteiger partial charge in [0.15, 0.2) is 5.88 Å². The first-order chi connectivity index (χ1) is 19.2. The largest absolute Gasteiger partial charge is 0.494 e. The van der Waals surface area contributed by atoms with Crippen LogP contribution < -0.4 is 14.5 Å². The number of halogens is 1. The third-order valence-corrected chi connectivity index (χ3v) is 7.31. The SMILES string of the molecule is CC(=O)N(CCCN(C)C)c1ccc(N=C(c2ccc3c(c2)OCCN3C)c2c(O)[nH]c3cc(Cl)ccc23)cc1. The van der Waals surface area contributed by atoms with Gasteiger partial charge in [-0.25, -0.2) is 4.99 Å². The molecule has 1 aliphatic rings. The third-order valence-electron chi connectivity index (χ3n) is 7.08. The first-order valence-corrected chi connectivity index (χ1v) is 13.7. The fraction of sp³-hybridized carbons (Fsp3) is 0.290. The highest BCUT2D eigenvalue weighted by Gasteiger charge is 2.22. The third kappa shape index (κ3) is 5.78. The van der Waals surface area contributed by atoms with Crippen LogP contribution in [0.1, 0.15) is 24.5 Å². The van der Waals surface area contributed by atoms with E-state index in [2.05, 4.69) is 14.8 Å². The zero-order valence-corrected chi connectivity index (χ0v) is 24.0. The van der Waals surface area contributed by atoms with Gasteiger partial charge in [0.25, 0.3) is 0 Å². The second-order valence-electron chi connectivity index (χ2n) is 10.3. The van der Waals surface area contributed by atoms with E-state index in [0.717, 1.165) is 47.6 Å². The summed E-state index contributed by atoms with van der Waals surface area (Å²) in [6, 6.07) is 19.0. The van der Waals surface area contributed by atoms with E-state index in [9.17, 15) is 9.90 Å². The molecule has 208 valence electrons. The number of aromatic nitrogens is 1. The van der Waals surface area contributed by atoms with Crippen LogP contribution in [0.15, 0.2) is 65.7 Å². The number of ether oxygens (including phenoxy) is 1. The van der Waals surface area contributed by atoms with E-state index in [4.69, 9.17) is 21.3 Å². The summed E-state index contributed by atoms with van der Waals surface area (Å²) in [7, 11) is 6.09. The molecule has 9 heteroatoms. The molecule has 2 N–H and O–H groups in total. The highest BCUT2D eigenvalue weighted by atomic mass is 35.5. The minimum Gasteiger partial charge on any atom is -0.494 e. The zero-order chi connectivity index (χ0) is 28.4. The number of amides is 1. The fourth-order valence-electron chi connectivity index (χ4n) is 5.02. The molecule has 0 spiro atoms. The number of fused-ring (bicyclic) bond motifs is 2. The Labute approximate surface area is 239 Å². The highest BCUT2D eigenvalue weighted by molar-refractivity contribution is 6.31. The lowest BCUT2D eigenvalue weighted by molar-refractivity contribution is -0.116. The van der Waals surface area contributed by atoms with Gasteiger partial charge in [-0.1, -0.05) is 23.7 Å². The highest BCUT2D eigenvalue weighted by Crippen LogP contribution is 2.37. The van der Waals surface area contributed by atoms with Crippen LogP contribution in [-0.4, -0.2) is 74.0 Å². The van der Waals surface area contributed by atoms with Crippen molar-refractivity contribution in [1.82, 2.24) is 9.88 Å². The van der Waals surface area contributed by atoms with Crippen LogP contribution in [0.3, 0.4) is 0 Å². The Hall–Kier alpha value is -4.01. The molecule has 40 heavy (non-hydrogen) atoms. The minimum atomic E-state index is -0.00269. The summed E-state index contributed by atoms with van der Waals surface area (Å²) in [5, 5.41) is 12.4. The van der Waals surface area contributed by atoms with Gasteiger partial charge in [-0.05, 0) is 75.6 Å². The first-order valence-electron chi connectivity index (χ1n) is 13.3. The summed E-state index contributed by atoms with van der Waals surface area (Å²) >= 11 is 6.23. The lowest BCUT2D eigenvalue weighted by atomic mass is 9.99. The number of carbonyl (C=O) groups excluding carboxylic acids is 1. The van der Waals surface area contributed by atoms with E-state index in [1.54, 1.807) is 24.0 Å². The zero-order valence-electron chi connectivity index (χ0n) is 23.2. The van der Waals surface area contributed by atoms with Gasteiger partial charge in [0, 0.05) is 42.2 Å². The molecule has 4 aromatic rings. The van der Waals surface area contributed by atoms with Crippen molar-refractivity contribution < 1.29 is 14.6 Å². The first kappa shape index (κ1) is 27.6. The Balaban J connectivity index is 1.57. The van der Waals surface area contributed by atoms with Gasteiger partial charge in [-0.2, -0.15) is 0 Å². The van der Waals surface area contributed by atoms with Crippen LogP contribution >= 0.6 is 11.6 Å². The summed E-state index contributed by atoms with van der Waals surface area (Å²) < 4.78 is 5.97. The molecule has 1 aliphatic heterocycles. The predicted molar refractivity (Wildman–Crippen MR) is 163 cm³/mol. The van der Waals surface area contributed by atoms with Crippen molar-refractivity contribution >= 4 is 51.2 Å². The molecule has 0 atom stereocenters. The van der Waals surface area contributed by atoms with E-state index in [1.807, 2.05) is 69.7 Å². The van der Waals surface area contributed by atoms with Crippen LogP contribution in [0, 0.1) is 0 Å². The summed E-state index contributed by atoms with van der Waals surface area (Å²) in [6.45, 7) is 4.53. The smallest absolute Gasteiger partial charge is 0.223 e. The number of nitrogens with one attached hydrogen (secondary N) is 1. The van der Waals surface area contributed by atoms with Gasteiger partial charge in [-0.15, -0.1) is 0 Å². The van der Waals surface area contributed by atoms with Crippen molar-refractivity contribution in [3.63, 3.8) is 0 Å². The molecule has 5 rings (SSSR count). The summed E-state index contributed by atoms with van der Waals surface area (Å²) in [5.74, 6) is 0.774. The lowest BCUT2D eigenvalue weighted by Crippen LogP contribution is -2.31. The number of hydrogen-bond donors (Lipinski definition) is 2. The number of aromatic amines is 1. The van der Waals surface area contributed by atoms with Gasteiger partial charge < -0.3 is 29.5 Å². The molecule has 1 amide bonds. The van der Waals surface area contributed by atoms with E-state index in [1.165, 1.54) is 0 Å².